The first kappa shape index (κ1) is 12.7. The number of ether oxygens (including phenoxy) is 3. The van der Waals surface area contributed by atoms with E-state index in [1.165, 1.54) is 0 Å². The van der Waals surface area contributed by atoms with Crippen molar-refractivity contribution >= 4 is 0 Å². The molecule has 0 saturated carbocycles. The Labute approximate surface area is 97.3 Å². The van der Waals surface area contributed by atoms with Gasteiger partial charge < -0.3 is 14.2 Å². The van der Waals surface area contributed by atoms with Crippen LogP contribution in [0.2, 0.25) is 0 Å². The van der Waals surface area contributed by atoms with E-state index in [-0.39, 0.29) is 0 Å². The van der Waals surface area contributed by atoms with Gasteiger partial charge >= 0.3 is 0 Å². The summed E-state index contributed by atoms with van der Waals surface area (Å²) in [6, 6.07) is 5.66. The molecule has 0 atom stereocenters. The highest BCUT2D eigenvalue weighted by Gasteiger charge is 2.05. The Morgan fingerprint density at radius 2 is 1.62 bits per heavy atom. The molecule has 0 N–H and O–H groups in total. The summed E-state index contributed by atoms with van der Waals surface area (Å²) in [5.41, 5.74) is 0. The van der Waals surface area contributed by atoms with Crippen LogP contribution in [0, 0.1) is 0 Å². The third-order valence-electron chi connectivity index (χ3n) is 2.07. The smallest absolute Gasteiger partial charge is 0.164 e. The first-order valence-electron chi connectivity index (χ1n) is 5.75. The third kappa shape index (κ3) is 3.65. The number of rotatable bonds is 7. The fraction of sp³-hybridized carbons (Fsp3) is 0.538. The second kappa shape index (κ2) is 6.99. The molecule has 1 aromatic rings. The lowest BCUT2D eigenvalue weighted by molar-refractivity contribution is 0.288. The number of hydrogen-bond donors (Lipinski definition) is 0. The second-order valence-electron chi connectivity index (χ2n) is 3.51. The average molecular weight is 224 g/mol. The molecule has 0 bridgehead atoms. The quantitative estimate of drug-likeness (QED) is 0.711. The van der Waals surface area contributed by atoms with E-state index in [0.29, 0.717) is 6.61 Å². The van der Waals surface area contributed by atoms with Gasteiger partial charge in [-0.05, 0) is 25.0 Å². The van der Waals surface area contributed by atoms with Crippen LogP contribution in [0.1, 0.15) is 26.7 Å². The zero-order valence-corrected chi connectivity index (χ0v) is 10.3. The highest BCUT2D eigenvalue weighted by Crippen LogP contribution is 2.31. The highest BCUT2D eigenvalue weighted by molar-refractivity contribution is 5.45. The van der Waals surface area contributed by atoms with Gasteiger partial charge in [-0.15, -0.1) is 0 Å². The van der Waals surface area contributed by atoms with Crippen molar-refractivity contribution in [1.29, 1.82) is 0 Å². The summed E-state index contributed by atoms with van der Waals surface area (Å²) in [6.45, 7) is 5.57. The second-order valence-corrected chi connectivity index (χ2v) is 3.51. The number of methoxy groups -OCH3 is 1. The standard InChI is InChI=1S/C13H20O3/c1-4-8-15-11-6-7-12(16-9-5-2)13(10-11)14-3/h6-7,10H,4-5,8-9H2,1-3H3. The lowest BCUT2D eigenvalue weighted by Crippen LogP contribution is -1.99. The fourth-order valence-corrected chi connectivity index (χ4v) is 1.29. The van der Waals surface area contributed by atoms with E-state index in [1.807, 2.05) is 18.2 Å². The molecule has 0 radical (unpaired) electrons. The summed E-state index contributed by atoms with van der Waals surface area (Å²) in [6.07, 6.45) is 1.98. The molecular weight excluding hydrogens is 204 g/mol. The summed E-state index contributed by atoms with van der Waals surface area (Å²) < 4.78 is 16.3. The summed E-state index contributed by atoms with van der Waals surface area (Å²) in [5.74, 6) is 2.32. The van der Waals surface area contributed by atoms with E-state index in [4.69, 9.17) is 14.2 Å². The summed E-state index contributed by atoms with van der Waals surface area (Å²) in [4.78, 5) is 0. The van der Waals surface area contributed by atoms with Gasteiger partial charge in [-0.1, -0.05) is 13.8 Å². The van der Waals surface area contributed by atoms with Gasteiger partial charge in [0.05, 0.1) is 20.3 Å². The monoisotopic (exact) mass is 224 g/mol. The van der Waals surface area contributed by atoms with Gasteiger partial charge in [-0.3, -0.25) is 0 Å². The van der Waals surface area contributed by atoms with Crippen LogP contribution < -0.4 is 14.2 Å². The molecule has 0 aliphatic heterocycles. The van der Waals surface area contributed by atoms with Gasteiger partial charge in [0.1, 0.15) is 5.75 Å². The van der Waals surface area contributed by atoms with Gasteiger partial charge in [0, 0.05) is 6.07 Å². The van der Waals surface area contributed by atoms with Crippen LogP contribution in [0.4, 0.5) is 0 Å². The Hall–Kier alpha value is -1.38. The highest BCUT2D eigenvalue weighted by atomic mass is 16.5. The molecule has 16 heavy (non-hydrogen) atoms. The fourth-order valence-electron chi connectivity index (χ4n) is 1.29. The molecule has 0 aliphatic carbocycles. The van der Waals surface area contributed by atoms with Crippen LogP contribution in [-0.4, -0.2) is 20.3 Å². The predicted molar refractivity (Wildman–Crippen MR) is 64.6 cm³/mol. The van der Waals surface area contributed by atoms with Crippen molar-refractivity contribution < 1.29 is 14.2 Å². The molecule has 1 rings (SSSR count). The topological polar surface area (TPSA) is 27.7 Å². The molecule has 0 aliphatic rings. The number of hydrogen-bond acceptors (Lipinski definition) is 3. The molecule has 1 aromatic carbocycles. The molecular formula is C13H20O3. The van der Waals surface area contributed by atoms with Gasteiger partial charge in [0.2, 0.25) is 0 Å². The van der Waals surface area contributed by atoms with Crippen molar-refractivity contribution in [2.45, 2.75) is 26.7 Å². The summed E-state index contributed by atoms with van der Waals surface area (Å²) in [5, 5.41) is 0. The summed E-state index contributed by atoms with van der Waals surface area (Å²) in [7, 11) is 1.64. The maximum atomic E-state index is 5.56. The minimum atomic E-state index is 0.700. The van der Waals surface area contributed by atoms with Crippen LogP contribution in [-0.2, 0) is 0 Å². The number of benzene rings is 1. The van der Waals surface area contributed by atoms with Crippen LogP contribution in [0.3, 0.4) is 0 Å². The van der Waals surface area contributed by atoms with Gasteiger partial charge in [-0.25, -0.2) is 0 Å². The van der Waals surface area contributed by atoms with Crippen molar-refractivity contribution in [3.05, 3.63) is 18.2 Å². The molecule has 0 spiro atoms. The van der Waals surface area contributed by atoms with Crippen LogP contribution >= 0.6 is 0 Å². The largest absolute Gasteiger partial charge is 0.493 e. The van der Waals surface area contributed by atoms with Gasteiger partial charge in [0.25, 0.3) is 0 Å². The van der Waals surface area contributed by atoms with Crippen LogP contribution in [0.5, 0.6) is 17.2 Å². The van der Waals surface area contributed by atoms with Gasteiger partial charge in [-0.2, -0.15) is 0 Å². The van der Waals surface area contributed by atoms with Gasteiger partial charge in [0.15, 0.2) is 11.5 Å². The predicted octanol–water partition coefficient (Wildman–Crippen LogP) is 3.27. The Balaban J connectivity index is 2.71. The molecule has 3 nitrogen and oxygen atoms in total. The van der Waals surface area contributed by atoms with Crippen molar-refractivity contribution in [1.82, 2.24) is 0 Å². The molecule has 0 amide bonds. The SMILES string of the molecule is CCCOc1ccc(OCCC)c(OC)c1. The Morgan fingerprint density at radius 3 is 2.25 bits per heavy atom. The minimum Gasteiger partial charge on any atom is -0.493 e. The minimum absolute atomic E-state index is 0.700. The third-order valence-corrected chi connectivity index (χ3v) is 2.07. The zero-order valence-electron chi connectivity index (χ0n) is 10.3. The molecule has 3 heteroatoms. The molecule has 0 aromatic heterocycles. The molecule has 0 fully saturated rings. The Morgan fingerprint density at radius 1 is 0.938 bits per heavy atom. The molecule has 0 unspecified atom stereocenters. The molecule has 0 heterocycles. The van der Waals surface area contributed by atoms with Crippen molar-refractivity contribution in [2.75, 3.05) is 20.3 Å². The van der Waals surface area contributed by atoms with Crippen molar-refractivity contribution in [2.24, 2.45) is 0 Å². The molecule has 0 saturated heterocycles. The lowest BCUT2D eigenvalue weighted by atomic mass is 10.3. The lowest BCUT2D eigenvalue weighted by Gasteiger charge is -2.12. The summed E-state index contributed by atoms with van der Waals surface area (Å²) >= 11 is 0. The Kier molecular flexibility index (Phi) is 5.54. The van der Waals surface area contributed by atoms with E-state index < -0.39 is 0 Å². The maximum absolute atomic E-state index is 5.56. The zero-order chi connectivity index (χ0) is 11.8. The maximum Gasteiger partial charge on any atom is 0.164 e. The van der Waals surface area contributed by atoms with E-state index in [9.17, 15) is 0 Å². The normalized spacial score (nSPS) is 9.94. The van der Waals surface area contributed by atoms with E-state index in [2.05, 4.69) is 13.8 Å². The Bertz CT molecular complexity index is 310. The first-order valence-corrected chi connectivity index (χ1v) is 5.75. The van der Waals surface area contributed by atoms with Crippen LogP contribution in [0.15, 0.2) is 18.2 Å². The van der Waals surface area contributed by atoms with Crippen molar-refractivity contribution in [3.63, 3.8) is 0 Å². The van der Waals surface area contributed by atoms with Crippen molar-refractivity contribution in [3.8, 4) is 17.2 Å². The van der Waals surface area contributed by atoms with E-state index in [1.54, 1.807) is 7.11 Å². The average Bonchev–Trinajstić information content (AvgIpc) is 2.34. The van der Waals surface area contributed by atoms with Crippen LogP contribution in [0.25, 0.3) is 0 Å². The van der Waals surface area contributed by atoms with E-state index >= 15 is 0 Å². The molecule has 90 valence electrons. The van der Waals surface area contributed by atoms with E-state index in [0.717, 1.165) is 36.7 Å². The first-order chi connectivity index (χ1) is 7.81.